The fourth-order valence-corrected chi connectivity index (χ4v) is 2.60. The van der Waals surface area contributed by atoms with E-state index in [2.05, 4.69) is 10.6 Å². The summed E-state index contributed by atoms with van der Waals surface area (Å²) in [6.07, 6.45) is 0.348. The number of nitrogens with one attached hydrogen (secondary N) is 2. The largest absolute Gasteiger partial charge is 0.486 e. The monoisotopic (exact) mass is 346 g/mol. The van der Waals surface area contributed by atoms with Crippen LogP contribution in [0.3, 0.4) is 0 Å². The van der Waals surface area contributed by atoms with Crippen molar-refractivity contribution in [1.29, 1.82) is 0 Å². The Kier molecular flexibility index (Phi) is 5.11. The topological polar surface area (TPSA) is 59.6 Å². The molecular weight excluding hydrogens is 328 g/mol. The van der Waals surface area contributed by atoms with Crippen molar-refractivity contribution in [1.82, 2.24) is 0 Å². The first-order chi connectivity index (χ1) is 11.6. The molecule has 1 amide bonds. The summed E-state index contributed by atoms with van der Waals surface area (Å²) in [4.78, 5) is 12.1. The number of carbonyl (C=O) groups excluding carboxylic acids is 1. The number of hydrogen-bond donors (Lipinski definition) is 2. The third-order valence-corrected chi connectivity index (χ3v) is 4.17. The quantitative estimate of drug-likeness (QED) is 0.863. The molecule has 0 aromatic heterocycles. The molecule has 0 bridgehead atoms. The van der Waals surface area contributed by atoms with Gasteiger partial charge >= 0.3 is 0 Å². The van der Waals surface area contributed by atoms with Crippen LogP contribution in [0.5, 0.6) is 11.5 Å². The Bertz CT molecular complexity index is 749. The highest BCUT2D eigenvalue weighted by Crippen LogP contribution is 2.32. The highest BCUT2D eigenvalue weighted by atomic mass is 35.5. The molecule has 2 aromatic carbocycles. The van der Waals surface area contributed by atoms with Gasteiger partial charge in [-0.1, -0.05) is 17.7 Å². The molecule has 126 valence electrons. The lowest BCUT2D eigenvalue weighted by atomic mass is 10.2. The zero-order valence-electron chi connectivity index (χ0n) is 13.4. The maximum atomic E-state index is 12.1. The Balaban J connectivity index is 1.51. The molecule has 0 atom stereocenters. The van der Waals surface area contributed by atoms with Crippen LogP contribution in [-0.2, 0) is 4.79 Å². The van der Waals surface area contributed by atoms with Gasteiger partial charge in [0, 0.05) is 35.4 Å². The average Bonchev–Trinajstić information content (AvgIpc) is 2.59. The third kappa shape index (κ3) is 3.92. The van der Waals surface area contributed by atoms with Crippen LogP contribution in [0.4, 0.5) is 11.4 Å². The molecule has 6 heteroatoms. The van der Waals surface area contributed by atoms with Crippen molar-refractivity contribution in [2.45, 2.75) is 13.3 Å². The smallest absolute Gasteiger partial charge is 0.226 e. The van der Waals surface area contributed by atoms with Gasteiger partial charge in [0.15, 0.2) is 11.5 Å². The SMILES string of the molecule is Cc1c(Cl)cccc1NC(=O)CCNc1ccc2c(c1)OCCO2. The second-order valence-corrected chi connectivity index (χ2v) is 5.90. The zero-order valence-corrected chi connectivity index (χ0v) is 14.2. The number of amides is 1. The van der Waals surface area contributed by atoms with E-state index in [-0.39, 0.29) is 5.91 Å². The molecule has 0 unspecified atom stereocenters. The van der Waals surface area contributed by atoms with Crippen molar-refractivity contribution in [2.24, 2.45) is 0 Å². The molecule has 0 spiro atoms. The Hall–Kier alpha value is -2.40. The van der Waals surface area contributed by atoms with Gasteiger partial charge in [-0.15, -0.1) is 0 Å². The van der Waals surface area contributed by atoms with Gasteiger partial charge in [0.25, 0.3) is 0 Å². The molecule has 24 heavy (non-hydrogen) atoms. The van der Waals surface area contributed by atoms with Crippen molar-refractivity contribution in [2.75, 3.05) is 30.4 Å². The number of ether oxygens (including phenoxy) is 2. The van der Waals surface area contributed by atoms with Crippen LogP contribution in [0.2, 0.25) is 5.02 Å². The van der Waals surface area contributed by atoms with E-state index in [1.807, 2.05) is 37.3 Å². The Morgan fingerprint density at radius 2 is 1.96 bits per heavy atom. The minimum absolute atomic E-state index is 0.0644. The number of rotatable bonds is 5. The summed E-state index contributed by atoms with van der Waals surface area (Å²) in [6, 6.07) is 11.1. The van der Waals surface area contributed by atoms with Gasteiger partial charge in [-0.2, -0.15) is 0 Å². The van der Waals surface area contributed by atoms with E-state index < -0.39 is 0 Å². The summed E-state index contributed by atoms with van der Waals surface area (Å²) in [7, 11) is 0. The van der Waals surface area contributed by atoms with Crippen LogP contribution in [0.1, 0.15) is 12.0 Å². The van der Waals surface area contributed by atoms with Crippen LogP contribution >= 0.6 is 11.6 Å². The van der Waals surface area contributed by atoms with Crippen molar-refractivity contribution in [3.8, 4) is 11.5 Å². The second kappa shape index (κ2) is 7.45. The van der Waals surface area contributed by atoms with Gasteiger partial charge in [0.2, 0.25) is 5.91 Å². The van der Waals surface area contributed by atoms with Gasteiger partial charge in [0.1, 0.15) is 13.2 Å². The van der Waals surface area contributed by atoms with Gasteiger partial charge in [-0.25, -0.2) is 0 Å². The number of carbonyl (C=O) groups is 1. The number of hydrogen-bond acceptors (Lipinski definition) is 4. The summed E-state index contributed by atoms with van der Waals surface area (Å²) in [5.74, 6) is 1.41. The van der Waals surface area contributed by atoms with E-state index in [1.54, 1.807) is 6.07 Å². The van der Waals surface area contributed by atoms with Crippen LogP contribution in [0.25, 0.3) is 0 Å². The van der Waals surface area contributed by atoms with Crippen molar-refractivity contribution in [3.63, 3.8) is 0 Å². The summed E-state index contributed by atoms with van der Waals surface area (Å²) < 4.78 is 11.0. The van der Waals surface area contributed by atoms with Crippen LogP contribution in [0.15, 0.2) is 36.4 Å². The molecule has 0 saturated heterocycles. The Labute approximate surface area is 145 Å². The van der Waals surface area contributed by atoms with Gasteiger partial charge in [0.05, 0.1) is 0 Å². The summed E-state index contributed by atoms with van der Waals surface area (Å²) in [6.45, 7) is 3.52. The van der Waals surface area contributed by atoms with Gasteiger partial charge in [-0.3, -0.25) is 4.79 Å². The van der Waals surface area contributed by atoms with E-state index in [1.165, 1.54) is 0 Å². The lowest BCUT2D eigenvalue weighted by Crippen LogP contribution is -2.17. The lowest BCUT2D eigenvalue weighted by Gasteiger charge is -2.19. The lowest BCUT2D eigenvalue weighted by molar-refractivity contribution is -0.115. The van der Waals surface area contributed by atoms with Crippen LogP contribution in [-0.4, -0.2) is 25.7 Å². The molecule has 2 N–H and O–H groups in total. The van der Waals surface area contributed by atoms with Crippen molar-refractivity contribution in [3.05, 3.63) is 47.0 Å². The zero-order chi connectivity index (χ0) is 16.9. The van der Waals surface area contributed by atoms with E-state index in [9.17, 15) is 4.79 Å². The average molecular weight is 347 g/mol. The molecule has 1 aliphatic rings. The third-order valence-electron chi connectivity index (χ3n) is 3.77. The summed E-state index contributed by atoms with van der Waals surface area (Å²) >= 11 is 6.05. The van der Waals surface area contributed by atoms with Crippen molar-refractivity contribution >= 4 is 28.9 Å². The van der Waals surface area contributed by atoms with E-state index in [4.69, 9.17) is 21.1 Å². The molecule has 1 heterocycles. The van der Waals surface area contributed by atoms with E-state index in [0.29, 0.717) is 31.2 Å². The Morgan fingerprint density at radius 3 is 2.79 bits per heavy atom. The maximum absolute atomic E-state index is 12.1. The molecule has 3 rings (SSSR count). The summed E-state index contributed by atoms with van der Waals surface area (Å²) in [5, 5.41) is 6.74. The molecule has 0 saturated carbocycles. The predicted molar refractivity (Wildman–Crippen MR) is 95.4 cm³/mol. The highest BCUT2D eigenvalue weighted by Gasteiger charge is 2.12. The molecule has 1 aliphatic heterocycles. The number of benzene rings is 2. The first-order valence-corrected chi connectivity index (χ1v) is 8.20. The maximum Gasteiger partial charge on any atom is 0.226 e. The molecule has 0 aliphatic carbocycles. The van der Waals surface area contributed by atoms with E-state index >= 15 is 0 Å². The fraction of sp³-hybridized carbons (Fsp3) is 0.278. The summed E-state index contributed by atoms with van der Waals surface area (Å²) in [5.41, 5.74) is 2.50. The molecular formula is C18H19ClN2O3. The van der Waals surface area contributed by atoms with Crippen LogP contribution < -0.4 is 20.1 Å². The number of halogens is 1. The molecule has 0 radical (unpaired) electrons. The van der Waals surface area contributed by atoms with Crippen LogP contribution in [0, 0.1) is 6.92 Å². The molecule has 5 nitrogen and oxygen atoms in total. The second-order valence-electron chi connectivity index (χ2n) is 5.50. The normalized spacial score (nSPS) is 12.6. The molecule has 2 aromatic rings. The Morgan fingerprint density at radius 1 is 1.17 bits per heavy atom. The van der Waals surface area contributed by atoms with E-state index in [0.717, 1.165) is 28.4 Å². The minimum atomic E-state index is -0.0644. The standard InChI is InChI=1S/C18H19ClN2O3/c1-12-14(19)3-2-4-15(12)21-18(22)7-8-20-13-5-6-16-17(11-13)24-10-9-23-16/h2-6,11,20H,7-10H2,1H3,(H,21,22). The van der Waals surface area contributed by atoms with Gasteiger partial charge < -0.3 is 20.1 Å². The highest BCUT2D eigenvalue weighted by molar-refractivity contribution is 6.31. The van der Waals surface area contributed by atoms with Gasteiger partial charge in [-0.05, 0) is 36.8 Å². The van der Waals surface area contributed by atoms with Crippen molar-refractivity contribution < 1.29 is 14.3 Å². The first kappa shape index (κ1) is 16.5. The molecule has 0 fully saturated rings. The number of anilines is 2. The first-order valence-electron chi connectivity index (χ1n) is 7.82. The number of fused-ring (bicyclic) bond motifs is 1. The fourth-order valence-electron chi connectivity index (χ4n) is 2.43. The minimum Gasteiger partial charge on any atom is -0.486 e. The predicted octanol–water partition coefficient (Wildman–Crippen LogP) is 3.86.